The first-order valence-corrected chi connectivity index (χ1v) is 3.31. The molecule has 0 radical (unpaired) electrons. The summed E-state index contributed by atoms with van der Waals surface area (Å²) in [6.07, 6.45) is 6.03. The average molecular weight is 111 g/mol. The molecule has 0 amide bonds. The second-order valence-electron chi connectivity index (χ2n) is 2.42. The number of allylic oxidation sites excluding steroid dienone is 2. The average Bonchev–Trinajstić information content (AvgIpc) is 2.42. The van der Waals surface area contributed by atoms with Crippen LogP contribution >= 0.6 is 0 Å². The van der Waals surface area contributed by atoms with E-state index in [2.05, 4.69) is 13.0 Å². The molecule has 0 bridgehead atoms. The van der Waals surface area contributed by atoms with Gasteiger partial charge in [-0.05, 0) is 6.42 Å². The summed E-state index contributed by atoms with van der Waals surface area (Å²) in [5.74, 6) is 0.690. The first kappa shape index (κ1) is 5.67. The van der Waals surface area contributed by atoms with Gasteiger partial charge in [0, 0.05) is 11.6 Å². The van der Waals surface area contributed by atoms with Gasteiger partial charge in [0.15, 0.2) is 0 Å². The number of unbranched alkanes of at least 4 members (excludes halogenated alkanes) is 1. The molecule has 0 heterocycles. The molecule has 1 nitrogen and oxygen atoms in total. The smallest absolute Gasteiger partial charge is 0.0181 e. The standard InChI is InChI=1S/C7H13N/c1-2-3-4-6-5-7(6)8/h5-6H,2-4,8H2,1H3. The van der Waals surface area contributed by atoms with Gasteiger partial charge in [0.2, 0.25) is 0 Å². The summed E-state index contributed by atoms with van der Waals surface area (Å²) in [4.78, 5) is 0. The normalized spacial score (nSPS) is 25.1. The van der Waals surface area contributed by atoms with Crippen molar-refractivity contribution >= 4 is 0 Å². The van der Waals surface area contributed by atoms with Crippen molar-refractivity contribution in [1.82, 2.24) is 0 Å². The Labute approximate surface area is 50.6 Å². The fourth-order valence-electron chi connectivity index (χ4n) is 0.858. The third-order valence-electron chi connectivity index (χ3n) is 1.58. The summed E-state index contributed by atoms with van der Waals surface area (Å²) in [7, 11) is 0. The highest BCUT2D eigenvalue weighted by Gasteiger charge is 2.19. The molecule has 1 atom stereocenters. The van der Waals surface area contributed by atoms with Gasteiger partial charge in [-0.15, -0.1) is 0 Å². The lowest BCUT2D eigenvalue weighted by molar-refractivity contribution is 0.672. The minimum Gasteiger partial charge on any atom is -0.402 e. The van der Waals surface area contributed by atoms with E-state index in [-0.39, 0.29) is 0 Å². The van der Waals surface area contributed by atoms with Crippen molar-refractivity contribution in [2.24, 2.45) is 11.7 Å². The molecule has 0 aromatic heterocycles. The van der Waals surface area contributed by atoms with Crippen LogP contribution in [0.5, 0.6) is 0 Å². The summed E-state index contributed by atoms with van der Waals surface area (Å²) in [6, 6.07) is 0. The summed E-state index contributed by atoms with van der Waals surface area (Å²) in [5, 5.41) is 0. The maximum absolute atomic E-state index is 5.47. The quantitative estimate of drug-likeness (QED) is 0.588. The number of rotatable bonds is 3. The van der Waals surface area contributed by atoms with Crippen LogP contribution in [0.1, 0.15) is 26.2 Å². The Kier molecular flexibility index (Phi) is 1.56. The van der Waals surface area contributed by atoms with E-state index in [1.807, 2.05) is 0 Å². The van der Waals surface area contributed by atoms with Crippen LogP contribution in [0, 0.1) is 5.92 Å². The van der Waals surface area contributed by atoms with Crippen LogP contribution in [-0.2, 0) is 0 Å². The van der Waals surface area contributed by atoms with E-state index in [4.69, 9.17) is 5.73 Å². The lowest BCUT2D eigenvalue weighted by Crippen LogP contribution is -1.89. The first-order valence-electron chi connectivity index (χ1n) is 3.31. The Morgan fingerprint density at radius 2 is 2.38 bits per heavy atom. The molecule has 1 aliphatic rings. The van der Waals surface area contributed by atoms with Crippen molar-refractivity contribution < 1.29 is 0 Å². The Balaban J connectivity index is 1.92. The molecule has 0 aromatic rings. The zero-order chi connectivity index (χ0) is 5.98. The van der Waals surface area contributed by atoms with Crippen LogP contribution in [0.4, 0.5) is 0 Å². The Morgan fingerprint density at radius 1 is 1.75 bits per heavy atom. The van der Waals surface area contributed by atoms with Gasteiger partial charge < -0.3 is 5.73 Å². The zero-order valence-electron chi connectivity index (χ0n) is 5.35. The molecule has 0 spiro atoms. The second-order valence-corrected chi connectivity index (χ2v) is 2.42. The minimum atomic E-state index is 0.690. The van der Waals surface area contributed by atoms with E-state index in [1.165, 1.54) is 19.3 Å². The molecule has 0 aliphatic heterocycles. The van der Waals surface area contributed by atoms with Gasteiger partial charge in [0.05, 0.1) is 0 Å². The van der Waals surface area contributed by atoms with Crippen LogP contribution in [0.25, 0.3) is 0 Å². The Bertz CT molecular complexity index is 105. The second kappa shape index (κ2) is 2.21. The fraction of sp³-hybridized carbons (Fsp3) is 0.714. The van der Waals surface area contributed by atoms with Gasteiger partial charge in [0.1, 0.15) is 0 Å². The SMILES string of the molecule is CCCCC1C=C1N. The van der Waals surface area contributed by atoms with Gasteiger partial charge in [-0.1, -0.05) is 25.8 Å². The van der Waals surface area contributed by atoms with Crippen LogP contribution in [0.3, 0.4) is 0 Å². The number of hydrogen-bond acceptors (Lipinski definition) is 1. The Morgan fingerprint density at radius 3 is 2.75 bits per heavy atom. The molecule has 1 rings (SSSR count). The third kappa shape index (κ3) is 1.25. The molecular weight excluding hydrogens is 98.1 g/mol. The van der Waals surface area contributed by atoms with Crippen molar-refractivity contribution in [1.29, 1.82) is 0 Å². The highest BCUT2D eigenvalue weighted by molar-refractivity contribution is 5.24. The predicted molar refractivity (Wildman–Crippen MR) is 35.3 cm³/mol. The monoisotopic (exact) mass is 111 g/mol. The molecule has 1 unspecified atom stereocenters. The lowest BCUT2D eigenvalue weighted by atomic mass is 10.1. The maximum Gasteiger partial charge on any atom is 0.0181 e. The van der Waals surface area contributed by atoms with Crippen molar-refractivity contribution in [3.05, 3.63) is 11.8 Å². The van der Waals surface area contributed by atoms with Crippen molar-refractivity contribution in [3.63, 3.8) is 0 Å². The highest BCUT2D eigenvalue weighted by atomic mass is 14.7. The minimum absolute atomic E-state index is 0.690. The number of hydrogen-bond donors (Lipinski definition) is 1. The maximum atomic E-state index is 5.47. The molecule has 0 saturated carbocycles. The molecule has 0 fully saturated rings. The summed E-state index contributed by atoms with van der Waals surface area (Å²) in [5.41, 5.74) is 6.58. The molecule has 2 N–H and O–H groups in total. The molecule has 1 aliphatic carbocycles. The molecule has 1 heteroatoms. The van der Waals surface area contributed by atoms with Gasteiger partial charge in [-0.25, -0.2) is 0 Å². The molecule has 46 valence electrons. The van der Waals surface area contributed by atoms with E-state index in [9.17, 15) is 0 Å². The highest BCUT2D eigenvalue weighted by Crippen LogP contribution is 2.28. The molecule has 0 saturated heterocycles. The van der Waals surface area contributed by atoms with Gasteiger partial charge >= 0.3 is 0 Å². The first-order chi connectivity index (χ1) is 3.84. The van der Waals surface area contributed by atoms with Crippen LogP contribution in [0.15, 0.2) is 11.8 Å². The van der Waals surface area contributed by atoms with E-state index in [0.29, 0.717) is 5.92 Å². The lowest BCUT2D eigenvalue weighted by Gasteiger charge is -1.92. The molecule has 8 heavy (non-hydrogen) atoms. The van der Waals surface area contributed by atoms with Crippen molar-refractivity contribution in [3.8, 4) is 0 Å². The zero-order valence-corrected chi connectivity index (χ0v) is 5.35. The fourth-order valence-corrected chi connectivity index (χ4v) is 0.858. The van der Waals surface area contributed by atoms with Crippen LogP contribution in [0.2, 0.25) is 0 Å². The predicted octanol–water partition coefficient (Wildman–Crippen LogP) is 1.65. The van der Waals surface area contributed by atoms with E-state index in [0.717, 1.165) is 5.70 Å². The summed E-state index contributed by atoms with van der Waals surface area (Å²) >= 11 is 0. The number of nitrogens with two attached hydrogens (primary N) is 1. The van der Waals surface area contributed by atoms with Gasteiger partial charge in [-0.2, -0.15) is 0 Å². The topological polar surface area (TPSA) is 26.0 Å². The largest absolute Gasteiger partial charge is 0.402 e. The Hall–Kier alpha value is -0.460. The van der Waals surface area contributed by atoms with E-state index in [1.54, 1.807) is 0 Å². The van der Waals surface area contributed by atoms with Crippen LogP contribution in [-0.4, -0.2) is 0 Å². The van der Waals surface area contributed by atoms with Gasteiger partial charge in [0.25, 0.3) is 0 Å². The summed E-state index contributed by atoms with van der Waals surface area (Å²) in [6.45, 7) is 2.21. The summed E-state index contributed by atoms with van der Waals surface area (Å²) < 4.78 is 0. The van der Waals surface area contributed by atoms with E-state index >= 15 is 0 Å². The van der Waals surface area contributed by atoms with Gasteiger partial charge in [-0.3, -0.25) is 0 Å². The van der Waals surface area contributed by atoms with Crippen LogP contribution < -0.4 is 5.73 Å². The molecular formula is C7H13N. The van der Waals surface area contributed by atoms with Crippen molar-refractivity contribution in [2.45, 2.75) is 26.2 Å². The van der Waals surface area contributed by atoms with E-state index < -0.39 is 0 Å². The van der Waals surface area contributed by atoms with Crippen molar-refractivity contribution in [2.75, 3.05) is 0 Å². The molecule has 0 aromatic carbocycles. The third-order valence-corrected chi connectivity index (χ3v) is 1.58.